The smallest absolute Gasteiger partial charge is 0.0792 e. The number of aliphatic hydroxyl groups is 1. The molecule has 1 unspecified atom stereocenters. The Bertz CT molecular complexity index is 298. The molecule has 0 aromatic carbocycles. The molecule has 0 aliphatic heterocycles. The molecular formula is C12H20N2O. The topological polar surface area (TPSA) is 38.1 Å². The van der Waals surface area contributed by atoms with E-state index in [1.165, 1.54) is 38.5 Å². The van der Waals surface area contributed by atoms with Gasteiger partial charge in [-0.1, -0.05) is 25.7 Å². The summed E-state index contributed by atoms with van der Waals surface area (Å²) in [6.07, 6.45) is 11.2. The summed E-state index contributed by atoms with van der Waals surface area (Å²) in [5, 5.41) is 13.8. The van der Waals surface area contributed by atoms with Crippen molar-refractivity contribution >= 4 is 0 Å². The first kappa shape index (κ1) is 10.7. The molecule has 3 heteroatoms. The van der Waals surface area contributed by atoms with E-state index in [0.717, 1.165) is 5.56 Å². The molecule has 3 nitrogen and oxygen atoms in total. The minimum atomic E-state index is -0.399. The molecule has 1 saturated carbocycles. The predicted molar refractivity (Wildman–Crippen MR) is 59.6 cm³/mol. The van der Waals surface area contributed by atoms with Gasteiger partial charge in [-0.3, -0.25) is 4.68 Å². The van der Waals surface area contributed by atoms with Gasteiger partial charge >= 0.3 is 0 Å². The average Bonchev–Trinajstić information content (AvgIpc) is 2.55. The van der Waals surface area contributed by atoms with E-state index in [0.29, 0.717) is 6.04 Å². The van der Waals surface area contributed by atoms with Gasteiger partial charge in [-0.2, -0.15) is 5.10 Å². The van der Waals surface area contributed by atoms with E-state index in [2.05, 4.69) is 5.10 Å². The second-order valence-electron chi connectivity index (χ2n) is 4.58. The standard InChI is InChI=1S/C12H20N2O/c1-10(15)11-8-13-14(9-11)12-6-4-2-3-5-7-12/h8-10,12,15H,2-7H2,1H3. The molecule has 1 aromatic rings. The van der Waals surface area contributed by atoms with Crippen molar-refractivity contribution in [2.24, 2.45) is 0 Å². The Balaban J connectivity index is 2.06. The molecule has 1 aromatic heterocycles. The van der Waals surface area contributed by atoms with Crippen LogP contribution < -0.4 is 0 Å². The summed E-state index contributed by atoms with van der Waals surface area (Å²) in [7, 11) is 0. The lowest BCUT2D eigenvalue weighted by molar-refractivity contribution is 0.199. The lowest BCUT2D eigenvalue weighted by atomic mass is 10.1. The highest BCUT2D eigenvalue weighted by atomic mass is 16.3. The fraction of sp³-hybridized carbons (Fsp3) is 0.750. The van der Waals surface area contributed by atoms with Crippen molar-refractivity contribution in [2.75, 3.05) is 0 Å². The first-order valence-corrected chi connectivity index (χ1v) is 5.99. The number of aliphatic hydroxyl groups excluding tert-OH is 1. The van der Waals surface area contributed by atoms with Crippen LogP contribution in [0.5, 0.6) is 0 Å². The van der Waals surface area contributed by atoms with Crippen molar-refractivity contribution in [3.05, 3.63) is 18.0 Å². The SMILES string of the molecule is CC(O)c1cnn(C2CCCCCC2)c1. The molecule has 0 spiro atoms. The van der Waals surface area contributed by atoms with Crippen molar-refractivity contribution in [1.82, 2.24) is 9.78 Å². The molecule has 0 radical (unpaired) electrons. The molecule has 1 heterocycles. The number of hydrogen-bond donors (Lipinski definition) is 1. The van der Waals surface area contributed by atoms with Gasteiger partial charge in [0.05, 0.1) is 18.3 Å². The zero-order chi connectivity index (χ0) is 10.7. The highest BCUT2D eigenvalue weighted by Crippen LogP contribution is 2.27. The van der Waals surface area contributed by atoms with Crippen LogP contribution in [0.25, 0.3) is 0 Å². The lowest BCUT2D eigenvalue weighted by Crippen LogP contribution is -2.08. The normalized spacial score (nSPS) is 21.2. The van der Waals surface area contributed by atoms with E-state index in [1.54, 1.807) is 13.1 Å². The summed E-state index contributed by atoms with van der Waals surface area (Å²) >= 11 is 0. The van der Waals surface area contributed by atoms with E-state index in [4.69, 9.17) is 0 Å². The zero-order valence-corrected chi connectivity index (χ0v) is 9.39. The molecule has 1 aliphatic rings. The molecule has 2 rings (SSSR count). The van der Waals surface area contributed by atoms with Crippen molar-refractivity contribution in [1.29, 1.82) is 0 Å². The van der Waals surface area contributed by atoms with E-state index < -0.39 is 6.10 Å². The van der Waals surface area contributed by atoms with Crippen molar-refractivity contribution < 1.29 is 5.11 Å². The summed E-state index contributed by atoms with van der Waals surface area (Å²) < 4.78 is 2.05. The highest BCUT2D eigenvalue weighted by molar-refractivity contribution is 5.07. The first-order chi connectivity index (χ1) is 7.27. The van der Waals surface area contributed by atoms with Crippen molar-refractivity contribution in [3.63, 3.8) is 0 Å². The number of rotatable bonds is 2. The van der Waals surface area contributed by atoms with Crippen molar-refractivity contribution in [3.8, 4) is 0 Å². The monoisotopic (exact) mass is 208 g/mol. The summed E-state index contributed by atoms with van der Waals surface area (Å²) in [6.45, 7) is 1.79. The fourth-order valence-electron chi connectivity index (χ4n) is 2.29. The van der Waals surface area contributed by atoms with Gasteiger partial charge in [-0.25, -0.2) is 0 Å². The van der Waals surface area contributed by atoms with Crippen LogP contribution >= 0.6 is 0 Å². The van der Waals surface area contributed by atoms with Crippen LogP contribution in [-0.4, -0.2) is 14.9 Å². The maximum Gasteiger partial charge on any atom is 0.0792 e. The van der Waals surface area contributed by atoms with Gasteiger partial charge in [-0.05, 0) is 19.8 Å². The highest BCUT2D eigenvalue weighted by Gasteiger charge is 2.15. The summed E-state index contributed by atoms with van der Waals surface area (Å²) in [5.41, 5.74) is 0.930. The Morgan fingerprint density at radius 3 is 2.53 bits per heavy atom. The number of aromatic nitrogens is 2. The average molecular weight is 208 g/mol. The maximum absolute atomic E-state index is 9.44. The molecule has 15 heavy (non-hydrogen) atoms. The number of hydrogen-bond acceptors (Lipinski definition) is 2. The third kappa shape index (κ3) is 2.59. The Morgan fingerprint density at radius 2 is 2.00 bits per heavy atom. The van der Waals surface area contributed by atoms with Gasteiger partial charge in [0, 0.05) is 11.8 Å². The Morgan fingerprint density at radius 1 is 1.33 bits per heavy atom. The molecule has 1 atom stereocenters. The van der Waals surface area contributed by atoms with Gasteiger partial charge < -0.3 is 5.11 Å². The van der Waals surface area contributed by atoms with Gasteiger partial charge in [0.2, 0.25) is 0 Å². The van der Waals surface area contributed by atoms with Crippen LogP contribution in [0, 0.1) is 0 Å². The van der Waals surface area contributed by atoms with Crippen LogP contribution in [0.1, 0.15) is 63.2 Å². The van der Waals surface area contributed by atoms with E-state index in [-0.39, 0.29) is 0 Å². The molecule has 84 valence electrons. The molecular weight excluding hydrogens is 188 g/mol. The van der Waals surface area contributed by atoms with Crippen LogP contribution in [-0.2, 0) is 0 Å². The molecule has 1 fully saturated rings. The lowest BCUT2D eigenvalue weighted by Gasteiger charge is -2.14. The van der Waals surface area contributed by atoms with Crippen LogP contribution in [0.3, 0.4) is 0 Å². The third-order valence-electron chi connectivity index (χ3n) is 3.30. The summed E-state index contributed by atoms with van der Waals surface area (Å²) in [6, 6.07) is 0.556. The van der Waals surface area contributed by atoms with Gasteiger partial charge in [0.25, 0.3) is 0 Å². The van der Waals surface area contributed by atoms with E-state index >= 15 is 0 Å². The Kier molecular flexibility index (Phi) is 3.41. The number of nitrogens with zero attached hydrogens (tertiary/aromatic N) is 2. The second-order valence-corrected chi connectivity index (χ2v) is 4.58. The fourth-order valence-corrected chi connectivity index (χ4v) is 2.29. The zero-order valence-electron chi connectivity index (χ0n) is 9.39. The largest absolute Gasteiger partial charge is 0.389 e. The first-order valence-electron chi connectivity index (χ1n) is 5.99. The summed E-state index contributed by atoms with van der Waals surface area (Å²) in [5.74, 6) is 0. The van der Waals surface area contributed by atoms with Crippen LogP contribution in [0.4, 0.5) is 0 Å². The summed E-state index contributed by atoms with van der Waals surface area (Å²) in [4.78, 5) is 0. The van der Waals surface area contributed by atoms with E-state index in [1.807, 2.05) is 10.9 Å². The van der Waals surface area contributed by atoms with E-state index in [9.17, 15) is 5.11 Å². The van der Waals surface area contributed by atoms with Crippen LogP contribution in [0.15, 0.2) is 12.4 Å². The molecule has 0 amide bonds. The molecule has 1 aliphatic carbocycles. The second kappa shape index (κ2) is 4.79. The predicted octanol–water partition coefficient (Wildman–Crippen LogP) is 2.83. The third-order valence-corrected chi connectivity index (χ3v) is 3.30. The molecule has 1 N–H and O–H groups in total. The van der Waals surface area contributed by atoms with Crippen molar-refractivity contribution in [2.45, 2.75) is 57.6 Å². The quantitative estimate of drug-likeness (QED) is 0.759. The van der Waals surface area contributed by atoms with Crippen LogP contribution in [0.2, 0.25) is 0 Å². The van der Waals surface area contributed by atoms with Gasteiger partial charge in [-0.15, -0.1) is 0 Å². The van der Waals surface area contributed by atoms with Gasteiger partial charge in [0.15, 0.2) is 0 Å². The minimum absolute atomic E-state index is 0.399. The van der Waals surface area contributed by atoms with Gasteiger partial charge in [0.1, 0.15) is 0 Å². The molecule has 0 saturated heterocycles. The minimum Gasteiger partial charge on any atom is -0.389 e. The Labute approximate surface area is 91.1 Å². The molecule has 0 bridgehead atoms. The Hall–Kier alpha value is -0.830. The maximum atomic E-state index is 9.44.